The number of phenols is 1. The maximum atomic E-state index is 13.9. The smallest absolute Gasteiger partial charge is 0.306 e. The molecule has 0 saturated heterocycles. The molecule has 3 rings (SSSR count). The highest BCUT2D eigenvalue weighted by atomic mass is 16.4. The number of Topliss-reactive ketones (excluding diaryl/α,β-unsaturated/α-hetero) is 1. The standard InChI is InChI=1S/C36H55N7O8/c37-17-5-3-9-27-33(47)42-29(10-4-6-18-38)34(48)41-28(8-2-1-7-26(39)32(46)40-27)35(49)43-30(20-23-13-15-25(44)16-14-23)31(45)21-24(36(50)51)19-22-11-12-22/h1-2,13-16,22,24,26-30,44H,3-12,17-21,37-39H2,(H,40,46)(H,41,48)(H,42,47)(H,43,49)(H,50,51)/t24-,26+,27+,28+,29+,30+/m1/s1. The van der Waals surface area contributed by atoms with Gasteiger partial charge in [0.1, 0.15) is 23.9 Å². The van der Waals surface area contributed by atoms with Crippen LogP contribution in [0.3, 0.4) is 0 Å². The quantitative estimate of drug-likeness (QED) is 0.0736. The van der Waals surface area contributed by atoms with E-state index in [4.69, 9.17) is 17.2 Å². The van der Waals surface area contributed by atoms with Crippen LogP contribution in [0.2, 0.25) is 0 Å². The van der Waals surface area contributed by atoms with Gasteiger partial charge >= 0.3 is 5.97 Å². The Morgan fingerprint density at radius 1 is 0.824 bits per heavy atom. The van der Waals surface area contributed by atoms with Crippen molar-refractivity contribution in [2.45, 2.75) is 114 Å². The molecule has 1 saturated carbocycles. The van der Waals surface area contributed by atoms with E-state index in [9.17, 15) is 39.0 Å². The molecule has 1 aromatic rings. The summed E-state index contributed by atoms with van der Waals surface area (Å²) in [5.74, 6) is -4.63. The van der Waals surface area contributed by atoms with Gasteiger partial charge in [0.15, 0.2) is 5.78 Å². The minimum absolute atomic E-state index is 0.0162. The second kappa shape index (κ2) is 21.1. The molecule has 0 unspecified atom stereocenters. The van der Waals surface area contributed by atoms with Crippen LogP contribution in [0.5, 0.6) is 5.75 Å². The monoisotopic (exact) mass is 713 g/mol. The van der Waals surface area contributed by atoms with E-state index in [-0.39, 0.29) is 50.2 Å². The van der Waals surface area contributed by atoms with Crippen molar-refractivity contribution >= 4 is 35.4 Å². The summed E-state index contributed by atoms with van der Waals surface area (Å²) >= 11 is 0. The highest BCUT2D eigenvalue weighted by molar-refractivity contribution is 5.96. The third-order valence-electron chi connectivity index (χ3n) is 9.25. The Kier molecular flexibility index (Phi) is 17.0. The molecule has 0 aromatic heterocycles. The summed E-state index contributed by atoms with van der Waals surface area (Å²) in [5.41, 5.74) is 18.0. The van der Waals surface area contributed by atoms with Gasteiger partial charge < -0.3 is 48.7 Å². The molecular weight excluding hydrogens is 658 g/mol. The third kappa shape index (κ3) is 14.4. The molecule has 12 N–H and O–H groups in total. The highest BCUT2D eigenvalue weighted by Gasteiger charge is 2.35. The summed E-state index contributed by atoms with van der Waals surface area (Å²) in [6.45, 7) is 0.774. The molecule has 6 atom stereocenters. The second-order valence-corrected chi connectivity index (χ2v) is 13.6. The van der Waals surface area contributed by atoms with Crippen molar-refractivity contribution < 1.29 is 39.0 Å². The molecule has 1 aromatic carbocycles. The van der Waals surface area contributed by atoms with Crippen molar-refractivity contribution in [3.8, 4) is 5.75 Å². The number of hydrogen-bond acceptors (Lipinski definition) is 10. The van der Waals surface area contributed by atoms with E-state index < -0.39 is 71.5 Å². The van der Waals surface area contributed by atoms with E-state index >= 15 is 0 Å². The Morgan fingerprint density at radius 3 is 1.96 bits per heavy atom. The molecule has 2 aliphatic rings. The second-order valence-electron chi connectivity index (χ2n) is 13.6. The third-order valence-corrected chi connectivity index (χ3v) is 9.25. The number of nitrogens with one attached hydrogen (secondary N) is 4. The Morgan fingerprint density at radius 2 is 1.39 bits per heavy atom. The zero-order chi connectivity index (χ0) is 37.3. The van der Waals surface area contributed by atoms with Gasteiger partial charge in [-0.15, -0.1) is 0 Å². The molecule has 15 nitrogen and oxygen atoms in total. The number of hydrogen-bond donors (Lipinski definition) is 9. The number of carbonyl (C=O) groups is 6. The first-order valence-corrected chi connectivity index (χ1v) is 18.0. The zero-order valence-corrected chi connectivity index (χ0v) is 29.2. The van der Waals surface area contributed by atoms with E-state index in [1.165, 1.54) is 12.1 Å². The lowest BCUT2D eigenvalue weighted by atomic mass is 9.91. The number of aliphatic carboxylic acids is 1. The molecular formula is C36H55N7O8. The summed E-state index contributed by atoms with van der Waals surface area (Å²) in [5, 5.41) is 30.5. The van der Waals surface area contributed by atoms with Crippen molar-refractivity contribution in [3.63, 3.8) is 0 Å². The van der Waals surface area contributed by atoms with Crippen LogP contribution < -0.4 is 38.5 Å². The first-order chi connectivity index (χ1) is 24.4. The molecule has 1 aliphatic heterocycles. The number of rotatable bonds is 18. The van der Waals surface area contributed by atoms with Crippen LogP contribution in [0, 0.1) is 11.8 Å². The number of ketones is 1. The van der Waals surface area contributed by atoms with Gasteiger partial charge in [-0.05, 0) is 101 Å². The van der Waals surface area contributed by atoms with Crippen molar-refractivity contribution in [1.29, 1.82) is 0 Å². The average Bonchev–Trinajstić information content (AvgIpc) is 3.92. The molecule has 1 fully saturated rings. The lowest BCUT2D eigenvalue weighted by Crippen LogP contribution is -2.58. The number of nitrogens with two attached hydrogens (primary N) is 3. The Labute approximate surface area is 298 Å². The van der Waals surface area contributed by atoms with E-state index in [0.717, 1.165) is 12.8 Å². The molecule has 0 bridgehead atoms. The molecule has 15 heteroatoms. The topological polar surface area (TPSA) is 269 Å². The number of carboxylic acid groups (broad SMARTS) is 1. The highest BCUT2D eigenvalue weighted by Crippen LogP contribution is 2.36. The fourth-order valence-corrected chi connectivity index (χ4v) is 5.96. The van der Waals surface area contributed by atoms with E-state index in [1.807, 2.05) is 0 Å². The first-order valence-electron chi connectivity index (χ1n) is 18.0. The fraction of sp³-hybridized carbons (Fsp3) is 0.611. The van der Waals surface area contributed by atoms with E-state index in [0.29, 0.717) is 50.8 Å². The average molecular weight is 714 g/mol. The van der Waals surface area contributed by atoms with Crippen molar-refractivity contribution in [3.05, 3.63) is 42.0 Å². The zero-order valence-electron chi connectivity index (χ0n) is 29.2. The number of unbranched alkanes of at least 4 members (excludes halogenated alkanes) is 2. The lowest BCUT2D eigenvalue weighted by molar-refractivity contribution is -0.144. The van der Waals surface area contributed by atoms with Gasteiger partial charge in [-0.3, -0.25) is 28.8 Å². The maximum absolute atomic E-state index is 13.9. The summed E-state index contributed by atoms with van der Waals surface area (Å²) in [4.78, 5) is 79.8. The Bertz CT molecular complexity index is 1370. The summed E-state index contributed by atoms with van der Waals surface area (Å²) in [6, 6.07) is 0.739. The minimum atomic E-state index is -1.20. The first kappa shape index (κ1) is 41.1. The molecule has 0 radical (unpaired) electrons. The summed E-state index contributed by atoms with van der Waals surface area (Å²) in [7, 11) is 0. The summed E-state index contributed by atoms with van der Waals surface area (Å²) in [6.07, 6.45) is 7.95. The molecule has 1 aliphatic carbocycles. The number of aromatic hydroxyl groups is 1. The van der Waals surface area contributed by atoms with Crippen LogP contribution in [0.15, 0.2) is 36.4 Å². The van der Waals surface area contributed by atoms with Crippen molar-refractivity contribution in [2.75, 3.05) is 13.1 Å². The molecule has 1 heterocycles. The predicted molar refractivity (Wildman–Crippen MR) is 190 cm³/mol. The largest absolute Gasteiger partial charge is 0.508 e. The van der Waals surface area contributed by atoms with Gasteiger partial charge in [0.25, 0.3) is 0 Å². The number of phenolic OH excluding ortho intramolecular Hbond substituents is 1. The van der Waals surface area contributed by atoms with E-state index in [2.05, 4.69) is 21.3 Å². The molecule has 282 valence electrons. The van der Waals surface area contributed by atoms with Gasteiger partial charge in [0, 0.05) is 6.42 Å². The number of amides is 4. The van der Waals surface area contributed by atoms with E-state index in [1.54, 1.807) is 24.3 Å². The van der Waals surface area contributed by atoms with Crippen molar-refractivity contribution in [2.24, 2.45) is 29.0 Å². The van der Waals surface area contributed by atoms with Crippen molar-refractivity contribution in [1.82, 2.24) is 21.3 Å². The molecule has 51 heavy (non-hydrogen) atoms. The SMILES string of the molecule is NCCCC[C@@H]1NC(=O)[C@H](CCCCN)NC(=O)[C@@H](N)CC=CC[C@@H](C(=O)N[C@@H](Cc2ccc(O)cc2)C(=O)C[C@@H](CC2CC2)C(=O)O)NC1=O. The van der Waals surface area contributed by atoms with Crippen LogP contribution in [0.1, 0.15) is 82.6 Å². The van der Waals surface area contributed by atoms with Gasteiger partial charge in [-0.25, -0.2) is 0 Å². The molecule has 4 amide bonds. The predicted octanol–water partition coefficient (Wildman–Crippen LogP) is 0.269. The van der Waals surface area contributed by atoms with Crippen LogP contribution in [0.25, 0.3) is 0 Å². The maximum Gasteiger partial charge on any atom is 0.306 e. The van der Waals surface area contributed by atoms with Crippen LogP contribution in [-0.4, -0.2) is 88.9 Å². The van der Waals surface area contributed by atoms with Gasteiger partial charge in [0.05, 0.1) is 18.0 Å². The summed E-state index contributed by atoms with van der Waals surface area (Å²) < 4.78 is 0. The fourth-order valence-electron chi connectivity index (χ4n) is 5.96. The minimum Gasteiger partial charge on any atom is -0.508 e. The lowest BCUT2D eigenvalue weighted by Gasteiger charge is -2.27. The van der Waals surface area contributed by atoms with Crippen LogP contribution in [0.4, 0.5) is 0 Å². The number of carboxylic acids is 1. The Balaban J connectivity index is 1.88. The molecule has 0 spiro atoms. The van der Waals surface area contributed by atoms with Gasteiger partial charge in [0.2, 0.25) is 23.6 Å². The van der Waals surface area contributed by atoms with Gasteiger partial charge in [-0.1, -0.05) is 37.1 Å². The van der Waals surface area contributed by atoms with Crippen LogP contribution >= 0.6 is 0 Å². The van der Waals surface area contributed by atoms with Crippen LogP contribution in [-0.2, 0) is 35.2 Å². The number of benzene rings is 1. The Hall–Kier alpha value is -4.34. The normalized spacial score (nSPS) is 22.8. The van der Waals surface area contributed by atoms with Gasteiger partial charge in [-0.2, -0.15) is 0 Å². The number of carbonyl (C=O) groups excluding carboxylic acids is 5.